The van der Waals surface area contributed by atoms with Crippen LogP contribution in [0.3, 0.4) is 0 Å². The minimum atomic E-state index is -2.20. The summed E-state index contributed by atoms with van der Waals surface area (Å²) in [4.78, 5) is 12.1. The maximum absolute atomic E-state index is 14.1. The molecule has 0 aliphatic rings. The van der Waals surface area contributed by atoms with Crippen molar-refractivity contribution >= 4 is 14.4 Å². The van der Waals surface area contributed by atoms with Crippen molar-refractivity contribution in [3.8, 4) is 0 Å². The number of nitrogens with one attached hydrogen (secondary N) is 1. The average molecular weight is 450 g/mol. The van der Waals surface area contributed by atoms with Gasteiger partial charge in [0.1, 0.15) is 17.4 Å². The Kier molecular flexibility index (Phi) is 10.2. The van der Waals surface area contributed by atoms with Crippen LogP contribution in [0.25, 0.3) is 0 Å². The largest absolute Gasteiger partial charge is 0.444 e. The molecule has 0 rings (SSSR count). The Bertz CT molecular complexity index is 583. The van der Waals surface area contributed by atoms with Crippen molar-refractivity contribution in [2.45, 2.75) is 110 Å². The number of hydrogen-bond acceptors (Lipinski definition) is 5. The van der Waals surface area contributed by atoms with E-state index in [1.165, 1.54) is 14.0 Å². The molecule has 0 aromatic heterocycles. The van der Waals surface area contributed by atoms with E-state index in [1.807, 2.05) is 0 Å². The molecule has 0 fully saturated rings. The van der Waals surface area contributed by atoms with Crippen molar-refractivity contribution in [2.24, 2.45) is 0 Å². The average Bonchev–Trinajstić information content (AvgIpc) is 2.55. The highest BCUT2D eigenvalue weighted by atomic mass is 28.4. The number of hydrogen-bond donors (Lipinski definition) is 2. The minimum Gasteiger partial charge on any atom is -0.444 e. The fraction of sp³-hybridized carbons (Fsp3) is 0.864. The van der Waals surface area contributed by atoms with E-state index in [2.05, 4.69) is 45.8 Å². The Balaban J connectivity index is 5.48. The molecule has 0 aliphatic heterocycles. The Hall–Kier alpha value is -0.963. The summed E-state index contributed by atoms with van der Waals surface area (Å²) in [5.41, 5.74) is -1.70. The number of alkyl halides is 1. The third-order valence-corrected chi connectivity index (χ3v) is 10.4. The molecule has 0 aromatic carbocycles. The lowest BCUT2D eigenvalue weighted by Crippen LogP contribution is -2.49. The number of aliphatic hydroxyl groups is 1. The first-order valence-electron chi connectivity index (χ1n) is 10.5. The van der Waals surface area contributed by atoms with E-state index in [-0.39, 0.29) is 23.6 Å². The Labute approximate surface area is 183 Å². The van der Waals surface area contributed by atoms with Crippen LogP contribution in [-0.4, -0.2) is 62.8 Å². The first kappa shape index (κ1) is 29.0. The number of rotatable bonds is 10. The summed E-state index contributed by atoms with van der Waals surface area (Å²) in [5, 5.41) is 13.5. The molecular weight excluding hydrogens is 405 g/mol. The predicted molar refractivity (Wildman–Crippen MR) is 122 cm³/mol. The van der Waals surface area contributed by atoms with Gasteiger partial charge in [0.05, 0.1) is 12.2 Å². The van der Waals surface area contributed by atoms with Crippen LogP contribution in [0.2, 0.25) is 18.1 Å². The van der Waals surface area contributed by atoms with E-state index >= 15 is 0 Å². The van der Waals surface area contributed by atoms with Gasteiger partial charge in [-0.1, -0.05) is 27.4 Å². The summed E-state index contributed by atoms with van der Waals surface area (Å²) in [6.45, 7) is 22.9. The molecule has 0 spiro atoms. The highest BCUT2D eigenvalue weighted by Gasteiger charge is 2.42. The number of carbonyl (C=O) groups excluding carboxylic acids is 1. The summed E-state index contributed by atoms with van der Waals surface area (Å²) in [6, 6.07) is 0. The molecule has 1 amide bonds. The second-order valence-corrected chi connectivity index (χ2v) is 15.3. The molecule has 6 nitrogen and oxygen atoms in total. The third kappa shape index (κ3) is 8.65. The van der Waals surface area contributed by atoms with Crippen molar-refractivity contribution in [1.29, 1.82) is 0 Å². The molecule has 0 aliphatic carbocycles. The fourth-order valence-electron chi connectivity index (χ4n) is 2.55. The molecule has 2 N–H and O–H groups in total. The predicted octanol–water partition coefficient (Wildman–Crippen LogP) is 4.97. The van der Waals surface area contributed by atoms with Crippen molar-refractivity contribution < 1.29 is 28.2 Å². The molecule has 0 radical (unpaired) electrons. The third-order valence-electron chi connectivity index (χ3n) is 5.85. The molecule has 4 atom stereocenters. The standard InChI is InChI=1S/C22H44FNO5Si/c1-15(22(9,27-10)16(2)23)18(25)13-17(29-30(11,12)21(6,7)8)14-24-19(26)28-20(3,4)5/h16-18,25H,1,13-14H2,2-12H3,(H,24,26)/t16-,17?,18?,22?/m0/s1. The Morgan fingerprint density at radius 1 is 1.17 bits per heavy atom. The summed E-state index contributed by atoms with van der Waals surface area (Å²) < 4.78 is 31.2. The van der Waals surface area contributed by atoms with Gasteiger partial charge in [-0.15, -0.1) is 0 Å². The van der Waals surface area contributed by atoms with E-state index in [4.69, 9.17) is 13.9 Å². The number of alkyl carbamates (subject to hydrolysis) is 1. The van der Waals surface area contributed by atoms with Crippen LogP contribution in [0.1, 0.15) is 61.8 Å². The van der Waals surface area contributed by atoms with E-state index in [1.54, 1.807) is 27.7 Å². The molecule has 178 valence electrons. The first-order valence-corrected chi connectivity index (χ1v) is 13.4. The van der Waals surface area contributed by atoms with E-state index < -0.39 is 44.0 Å². The van der Waals surface area contributed by atoms with Crippen molar-refractivity contribution in [1.82, 2.24) is 5.32 Å². The number of aliphatic hydroxyl groups excluding tert-OH is 1. The quantitative estimate of drug-likeness (QED) is 0.364. The zero-order valence-corrected chi connectivity index (χ0v) is 21.8. The van der Waals surface area contributed by atoms with Crippen LogP contribution in [-0.2, 0) is 13.9 Å². The maximum atomic E-state index is 14.1. The van der Waals surface area contributed by atoms with Crippen molar-refractivity contribution in [3.63, 3.8) is 0 Å². The maximum Gasteiger partial charge on any atom is 0.407 e. The lowest BCUT2D eigenvalue weighted by molar-refractivity contribution is -0.0388. The fourth-order valence-corrected chi connectivity index (χ4v) is 3.92. The van der Waals surface area contributed by atoms with Crippen molar-refractivity contribution in [3.05, 3.63) is 12.2 Å². The molecule has 3 unspecified atom stereocenters. The SMILES string of the molecule is C=C(C(O)CC(CNC(=O)OC(C)(C)C)O[Si](C)(C)C(C)(C)C)C(C)(OC)[C@H](C)F. The highest BCUT2D eigenvalue weighted by molar-refractivity contribution is 6.74. The number of ether oxygens (including phenoxy) is 2. The smallest absolute Gasteiger partial charge is 0.407 e. The summed E-state index contributed by atoms with van der Waals surface area (Å²) in [6.07, 6.45) is -3.33. The normalized spacial score (nSPS) is 18.2. The molecule has 0 saturated heterocycles. The van der Waals surface area contributed by atoms with Crippen LogP contribution in [0.15, 0.2) is 12.2 Å². The van der Waals surface area contributed by atoms with E-state index in [0.717, 1.165) is 0 Å². The molecule has 0 heterocycles. The van der Waals surface area contributed by atoms with Crippen LogP contribution >= 0.6 is 0 Å². The topological polar surface area (TPSA) is 77.0 Å². The Morgan fingerprint density at radius 3 is 2.03 bits per heavy atom. The highest BCUT2D eigenvalue weighted by Crippen LogP contribution is 2.38. The van der Waals surface area contributed by atoms with Gasteiger partial charge in [-0.2, -0.15) is 0 Å². The summed E-state index contributed by atoms with van der Waals surface area (Å²) >= 11 is 0. The second kappa shape index (κ2) is 10.6. The van der Waals surface area contributed by atoms with Crippen LogP contribution in [0.5, 0.6) is 0 Å². The second-order valence-electron chi connectivity index (χ2n) is 10.6. The van der Waals surface area contributed by atoms with E-state index in [0.29, 0.717) is 0 Å². The van der Waals surface area contributed by atoms with Crippen molar-refractivity contribution in [2.75, 3.05) is 13.7 Å². The molecule has 0 aromatic rings. The zero-order chi connectivity index (χ0) is 24.1. The van der Waals surface area contributed by atoms with E-state index in [9.17, 15) is 14.3 Å². The number of amides is 1. The molecular formula is C22H44FNO5Si. The van der Waals surface area contributed by atoms with Gasteiger partial charge in [-0.3, -0.25) is 0 Å². The zero-order valence-electron chi connectivity index (χ0n) is 20.8. The van der Waals surface area contributed by atoms with Gasteiger partial charge in [-0.25, -0.2) is 9.18 Å². The van der Waals surface area contributed by atoms with Gasteiger partial charge in [0.2, 0.25) is 0 Å². The molecule has 30 heavy (non-hydrogen) atoms. The van der Waals surface area contributed by atoms with Crippen LogP contribution in [0.4, 0.5) is 9.18 Å². The molecule has 0 bridgehead atoms. The molecule has 0 saturated carbocycles. The van der Waals surface area contributed by atoms with Gasteiger partial charge in [-0.05, 0) is 58.3 Å². The van der Waals surface area contributed by atoms with Gasteiger partial charge in [0, 0.05) is 20.1 Å². The monoisotopic (exact) mass is 449 g/mol. The minimum absolute atomic E-state index is 0.0619. The van der Waals surface area contributed by atoms with Gasteiger partial charge in [0.25, 0.3) is 0 Å². The summed E-state index contributed by atoms with van der Waals surface area (Å²) in [7, 11) is -0.812. The summed E-state index contributed by atoms with van der Waals surface area (Å²) in [5.74, 6) is 0. The van der Waals surface area contributed by atoms with Gasteiger partial charge >= 0.3 is 6.09 Å². The lowest BCUT2D eigenvalue weighted by atomic mass is 9.86. The Morgan fingerprint density at radius 2 is 1.67 bits per heavy atom. The lowest BCUT2D eigenvalue weighted by Gasteiger charge is -2.41. The van der Waals surface area contributed by atoms with Gasteiger partial charge < -0.3 is 24.3 Å². The number of methoxy groups -OCH3 is 1. The number of halogens is 1. The number of carbonyl (C=O) groups is 1. The first-order chi connectivity index (χ1) is 13.3. The van der Waals surface area contributed by atoms with Crippen LogP contribution < -0.4 is 5.32 Å². The van der Waals surface area contributed by atoms with Gasteiger partial charge in [0.15, 0.2) is 8.32 Å². The molecule has 8 heteroatoms. The van der Waals surface area contributed by atoms with Crippen LogP contribution in [0, 0.1) is 0 Å².